The van der Waals surface area contributed by atoms with Crippen LogP contribution < -0.4 is 4.74 Å². The number of para-hydroxylation sites is 1. The van der Waals surface area contributed by atoms with Crippen molar-refractivity contribution in [2.24, 2.45) is 5.92 Å². The van der Waals surface area contributed by atoms with Gasteiger partial charge in [0.25, 0.3) is 0 Å². The molecule has 0 bridgehead atoms. The van der Waals surface area contributed by atoms with Crippen LogP contribution >= 0.6 is 0 Å². The summed E-state index contributed by atoms with van der Waals surface area (Å²) in [7, 11) is 0. The third-order valence-corrected chi connectivity index (χ3v) is 7.57. The van der Waals surface area contributed by atoms with E-state index < -0.39 is 34.8 Å². The van der Waals surface area contributed by atoms with Crippen LogP contribution in [0.1, 0.15) is 69.2 Å². The summed E-state index contributed by atoms with van der Waals surface area (Å²) >= 11 is 0. The van der Waals surface area contributed by atoms with Gasteiger partial charge in [-0.05, 0) is 84.0 Å². The van der Waals surface area contributed by atoms with Crippen molar-refractivity contribution in [3.05, 3.63) is 142 Å². The first-order valence-corrected chi connectivity index (χ1v) is 13.6. The second-order valence-electron chi connectivity index (χ2n) is 10.3. The van der Waals surface area contributed by atoms with Crippen LogP contribution in [0.15, 0.2) is 91.0 Å². The molecule has 0 aromatic heterocycles. The molecule has 1 aliphatic carbocycles. The summed E-state index contributed by atoms with van der Waals surface area (Å²) in [6.45, 7) is 3.47. The molecule has 3 nitrogen and oxygen atoms in total. The van der Waals surface area contributed by atoms with Crippen molar-refractivity contribution in [3.8, 4) is 5.75 Å². The molecule has 4 aromatic rings. The fourth-order valence-corrected chi connectivity index (χ4v) is 5.40. The molecule has 208 valence electrons. The van der Waals surface area contributed by atoms with Crippen molar-refractivity contribution in [2.75, 3.05) is 0 Å². The summed E-state index contributed by atoms with van der Waals surface area (Å²) in [5, 5.41) is 0. The lowest BCUT2D eigenvalue weighted by Crippen LogP contribution is -2.21. The van der Waals surface area contributed by atoms with Crippen LogP contribution in [-0.4, -0.2) is 11.6 Å². The van der Waals surface area contributed by atoms with Gasteiger partial charge in [0, 0.05) is 17.4 Å². The second-order valence-corrected chi connectivity index (χ2v) is 10.3. The smallest absolute Gasteiger partial charge is 0.176 e. The lowest BCUT2D eigenvalue weighted by atomic mass is 9.82. The molecule has 0 heterocycles. The van der Waals surface area contributed by atoms with Crippen molar-refractivity contribution in [3.63, 3.8) is 0 Å². The molecule has 0 saturated heterocycles. The van der Waals surface area contributed by atoms with Crippen LogP contribution in [0.3, 0.4) is 0 Å². The van der Waals surface area contributed by atoms with Gasteiger partial charge in [-0.2, -0.15) is 0 Å². The van der Waals surface area contributed by atoms with Crippen molar-refractivity contribution >= 4 is 17.1 Å². The molecule has 0 fully saturated rings. The van der Waals surface area contributed by atoms with Crippen LogP contribution in [0.2, 0.25) is 0 Å². The number of halogens is 3. The predicted octanol–water partition coefficient (Wildman–Crippen LogP) is 8.52. The molecule has 0 N–H and O–H groups in total. The van der Waals surface area contributed by atoms with Crippen LogP contribution in [0, 0.1) is 23.4 Å². The van der Waals surface area contributed by atoms with Crippen LogP contribution in [0.5, 0.6) is 5.75 Å². The average molecular weight is 555 g/mol. The summed E-state index contributed by atoms with van der Waals surface area (Å²) in [5.74, 6) is -3.69. The SMILES string of the molecule is CCc1cc(F)c(C(=O)C2C=C(c3ccc(F)cc3)CC2c2ccccc2OCc2cccc(C(C)=O)c2)c(F)c1. The van der Waals surface area contributed by atoms with E-state index in [2.05, 4.69) is 0 Å². The van der Waals surface area contributed by atoms with Gasteiger partial charge in [-0.15, -0.1) is 0 Å². The summed E-state index contributed by atoms with van der Waals surface area (Å²) in [6.07, 6.45) is 2.56. The summed E-state index contributed by atoms with van der Waals surface area (Å²) in [4.78, 5) is 25.7. The van der Waals surface area contributed by atoms with E-state index in [4.69, 9.17) is 4.74 Å². The molecule has 0 spiro atoms. The molecule has 0 saturated carbocycles. The maximum atomic E-state index is 15.1. The number of carbonyl (C=O) groups is 2. The van der Waals surface area contributed by atoms with Crippen molar-refractivity contribution in [1.82, 2.24) is 0 Å². The highest BCUT2D eigenvalue weighted by atomic mass is 19.1. The fourth-order valence-electron chi connectivity index (χ4n) is 5.40. The van der Waals surface area contributed by atoms with E-state index in [9.17, 15) is 14.0 Å². The highest BCUT2D eigenvalue weighted by Crippen LogP contribution is 2.47. The Morgan fingerprint density at radius 1 is 0.854 bits per heavy atom. The van der Waals surface area contributed by atoms with Gasteiger partial charge < -0.3 is 4.74 Å². The number of hydrogen-bond acceptors (Lipinski definition) is 3. The zero-order valence-corrected chi connectivity index (χ0v) is 22.8. The Balaban J connectivity index is 1.52. The monoisotopic (exact) mass is 554 g/mol. The van der Waals surface area contributed by atoms with Crippen molar-refractivity contribution < 1.29 is 27.5 Å². The number of hydrogen-bond donors (Lipinski definition) is 0. The molecule has 1 aliphatic rings. The lowest BCUT2D eigenvalue weighted by molar-refractivity contribution is 0.0925. The number of carbonyl (C=O) groups excluding carboxylic acids is 2. The predicted molar refractivity (Wildman–Crippen MR) is 153 cm³/mol. The van der Waals surface area contributed by atoms with E-state index >= 15 is 8.78 Å². The van der Waals surface area contributed by atoms with Gasteiger partial charge in [-0.3, -0.25) is 9.59 Å². The van der Waals surface area contributed by atoms with Gasteiger partial charge in [0.2, 0.25) is 0 Å². The Morgan fingerprint density at radius 2 is 1.56 bits per heavy atom. The minimum atomic E-state index is -0.885. The molecule has 6 heteroatoms. The van der Waals surface area contributed by atoms with Crippen LogP contribution in [0.4, 0.5) is 13.2 Å². The molecular weight excluding hydrogens is 525 g/mol. The Morgan fingerprint density at radius 3 is 2.24 bits per heavy atom. The number of ketones is 2. The summed E-state index contributed by atoms with van der Waals surface area (Å²) in [5.41, 5.74) is 3.51. The topological polar surface area (TPSA) is 43.4 Å². The van der Waals surface area contributed by atoms with Crippen LogP contribution in [-0.2, 0) is 13.0 Å². The Kier molecular flexibility index (Phi) is 8.20. The quantitative estimate of drug-likeness (QED) is 0.195. The van der Waals surface area contributed by atoms with Gasteiger partial charge in [0.05, 0.1) is 5.56 Å². The largest absolute Gasteiger partial charge is 0.489 e. The Bertz CT molecular complexity index is 1620. The number of benzene rings is 4. The van der Waals surface area contributed by atoms with E-state index in [1.54, 1.807) is 49.4 Å². The standard InChI is InChI=1S/C35H29F3O3/c1-3-22-16-31(37)34(32(38)17-22)35(40)30-19-26(24-11-13-27(36)14-12-24)18-29(30)28-9-4-5-10-33(28)41-20-23-7-6-8-25(15-23)21(2)39/h4-17,19,29-30H,3,18,20H2,1-2H3. The molecule has 0 amide bonds. The molecule has 0 aliphatic heterocycles. The van der Waals surface area contributed by atoms with E-state index in [1.165, 1.54) is 31.2 Å². The van der Waals surface area contributed by atoms with Gasteiger partial charge in [0.15, 0.2) is 11.6 Å². The maximum absolute atomic E-state index is 15.1. The number of rotatable bonds is 9. The molecule has 2 atom stereocenters. The third-order valence-electron chi connectivity index (χ3n) is 7.57. The molecular formula is C35H29F3O3. The highest BCUT2D eigenvalue weighted by Gasteiger charge is 2.38. The minimum absolute atomic E-state index is 0.0506. The van der Waals surface area contributed by atoms with Gasteiger partial charge in [-0.1, -0.05) is 61.5 Å². The van der Waals surface area contributed by atoms with Crippen molar-refractivity contribution in [2.45, 2.75) is 39.2 Å². The van der Waals surface area contributed by atoms with Gasteiger partial charge >= 0.3 is 0 Å². The van der Waals surface area contributed by atoms with E-state index in [1.807, 2.05) is 24.3 Å². The number of aryl methyl sites for hydroxylation is 1. The molecule has 4 aromatic carbocycles. The second kappa shape index (κ2) is 12.0. The first-order valence-electron chi connectivity index (χ1n) is 13.6. The zero-order chi connectivity index (χ0) is 29.1. The van der Waals surface area contributed by atoms with Gasteiger partial charge in [-0.25, -0.2) is 13.2 Å². The Hall–Kier alpha value is -4.45. The summed E-state index contributed by atoms with van der Waals surface area (Å²) in [6, 6.07) is 22.8. The third kappa shape index (κ3) is 6.02. The normalized spacial score (nSPS) is 16.4. The Labute approximate surface area is 237 Å². The van der Waals surface area contributed by atoms with E-state index in [-0.39, 0.29) is 18.2 Å². The molecule has 41 heavy (non-hydrogen) atoms. The molecule has 5 rings (SSSR count). The van der Waals surface area contributed by atoms with Crippen LogP contribution in [0.25, 0.3) is 5.57 Å². The minimum Gasteiger partial charge on any atom is -0.489 e. The van der Waals surface area contributed by atoms with E-state index in [0.717, 1.165) is 16.7 Å². The summed E-state index contributed by atoms with van der Waals surface area (Å²) < 4.78 is 50.0. The van der Waals surface area contributed by atoms with E-state index in [0.29, 0.717) is 35.3 Å². The number of Topliss-reactive ketones (excluding diaryl/α,β-unsaturated/α-hetero) is 2. The molecule has 2 unspecified atom stereocenters. The fraction of sp³-hybridized carbons (Fsp3) is 0.200. The number of allylic oxidation sites excluding steroid dienone is 2. The van der Waals surface area contributed by atoms with Gasteiger partial charge in [0.1, 0.15) is 29.8 Å². The zero-order valence-electron chi connectivity index (χ0n) is 22.8. The average Bonchev–Trinajstić information content (AvgIpc) is 3.41. The lowest BCUT2D eigenvalue weighted by Gasteiger charge is -2.22. The highest BCUT2D eigenvalue weighted by molar-refractivity contribution is 6.02. The maximum Gasteiger partial charge on any atom is 0.176 e. The first-order chi connectivity index (χ1) is 19.7. The number of ether oxygens (including phenoxy) is 1. The molecule has 0 radical (unpaired) electrons. The first kappa shape index (κ1) is 28.1. The van der Waals surface area contributed by atoms with Crippen molar-refractivity contribution in [1.29, 1.82) is 0 Å².